The lowest BCUT2D eigenvalue weighted by Gasteiger charge is -2.37. The Morgan fingerprint density at radius 1 is 0.339 bits per heavy atom. The molecule has 6 unspecified atom stereocenters. The molecule has 10 rings (SSSR count). The first kappa shape index (κ1) is 35.2. The predicted octanol–water partition coefficient (Wildman–Crippen LogP) is 12.6. The third-order valence-electron chi connectivity index (χ3n) is 14.0. The van der Waals surface area contributed by atoms with Gasteiger partial charge in [0.05, 0.1) is 0 Å². The fraction of sp³-hybridized carbons (Fsp3) is 0.286. The minimum atomic E-state index is 0.363. The molecule has 0 radical (unpaired) electrons. The van der Waals surface area contributed by atoms with Crippen LogP contribution in [0.15, 0.2) is 215 Å². The van der Waals surface area contributed by atoms with Gasteiger partial charge in [0, 0.05) is 11.8 Å². The lowest BCUT2D eigenvalue weighted by Crippen LogP contribution is -2.35. The molecule has 1 aromatic carbocycles. The van der Waals surface area contributed by atoms with Crippen molar-refractivity contribution in [1.82, 2.24) is 0 Å². The molecule has 1 aromatic rings. The van der Waals surface area contributed by atoms with Crippen molar-refractivity contribution < 1.29 is 0 Å². The van der Waals surface area contributed by atoms with E-state index in [0.717, 1.165) is 51.4 Å². The molecule has 0 heteroatoms. The maximum absolute atomic E-state index is 2.51. The number of hydrogen-bond donors (Lipinski definition) is 0. The summed E-state index contributed by atoms with van der Waals surface area (Å²) in [4.78, 5) is 0. The van der Waals surface area contributed by atoms with Crippen LogP contribution in [-0.2, 0) is 0 Å². The van der Waals surface area contributed by atoms with E-state index in [0.29, 0.717) is 35.5 Å². The van der Waals surface area contributed by atoms with Gasteiger partial charge in [0.25, 0.3) is 0 Å². The number of fused-ring (bicyclic) bond motifs is 2. The molecule has 0 aliphatic heterocycles. The molecule has 278 valence electrons. The van der Waals surface area contributed by atoms with Gasteiger partial charge in [0.2, 0.25) is 0 Å². The van der Waals surface area contributed by atoms with E-state index >= 15 is 0 Å². The minimum Gasteiger partial charge on any atom is -0.0842 e. The molecule has 0 aromatic heterocycles. The SMILES string of the molecule is C1=CCCC(C2=CC=CC(C3C=CC=C(C4=CC=C(C5=c6ccccc6=C(C6=CC=CC(C7C=CC=C(C8=CC=CCC8)C7)C6)CC5)C5C=CC=CC45)C3)C2)=C1. The van der Waals surface area contributed by atoms with Gasteiger partial charge < -0.3 is 0 Å². The van der Waals surface area contributed by atoms with E-state index in [1.807, 2.05) is 0 Å². The molecule has 0 fully saturated rings. The van der Waals surface area contributed by atoms with Gasteiger partial charge in [-0.05, 0) is 154 Å². The number of benzene rings is 1. The minimum absolute atomic E-state index is 0.363. The van der Waals surface area contributed by atoms with Crippen molar-refractivity contribution in [2.75, 3.05) is 0 Å². The second kappa shape index (κ2) is 15.7. The zero-order chi connectivity index (χ0) is 37.3. The van der Waals surface area contributed by atoms with Crippen LogP contribution >= 0.6 is 0 Å². The highest BCUT2D eigenvalue weighted by Gasteiger charge is 2.34. The fourth-order valence-electron chi connectivity index (χ4n) is 11.0. The van der Waals surface area contributed by atoms with Gasteiger partial charge in [0.1, 0.15) is 0 Å². The smallest absolute Gasteiger partial charge is 0.0128 e. The van der Waals surface area contributed by atoms with Gasteiger partial charge in [0.15, 0.2) is 0 Å². The summed E-state index contributed by atoms with van der Waals surface area (Å²) in [6.45, 7) is 0. The number of hydrogen-bond acceptors (Lipinski definition) is 0. The van der Waals surface area contributed by atoms with E-state index in [4.69, 9.17) is 0 Å². The van der Waals surface area contributed by atoms with Crippen LogP contribution in [0.2, 0.25) is 0 Å². The summed E-state index contributed by atoms with van der Waals surface area (Å²) >= 11 is 0. The van der Waals surface area contributed by atoms with Crippen LogP contribution in [0.4, 0.5) is 0 Å². The Bertz CT molecular complexity index is 2430. The van der Waals surface area contributed by atoms with E-state index in [1.54, 1.807) is 22.3 Å². The summed E-state index contributed by atoms with van der Waals surface area (Å²) in [5.74, 6) is 2.89. The molecule has 9 aliphatic carbocycles. The normalized spacial score (nSPS) is 30.4. The third-order valence-corrected chi connectivity index (χ3v) is 14.0. The lowest BCUT2D eigenvalue weighted by molar-refractivity contribution is 0.457. The van der Waals surface area contributed by atoms with Crippen molar-refractivity contribution >= 4 is 11.1 Å². The highest BCUT2D eigenvalue weighted by Crippen LogP contribution is 2.47. The van der Waals surface area contributed by atoms with E-state index in [-0.39, 0.29) is 0 Å². The van der Waals surface area contributed by atoms with Crippen LogP contribution < -0.4 is 10.4 Å². The Morgan fingerprint density at radius 3 is 1.36 bits per heavy atom. The maximum atomic E-state index is 2.51. The Morgan fingerprint density at radius 2 is 0.786 bits per heavy atom. The van der Waals surface area contributed by atoms with E-state index in [1.165, 1.54) is 56.7 Å². The molecule has 0 saturated carbocycles. The molecule has 56 heavy (non-hydrogen) atoms. The van der Waals surface area contributed by atoms with Gasteiger partial charge in [-0.15, -0.1) is 0 Å². The molecule has 9 aliphatic rings. The molecule has 0 spiro atoms. The van der Waals surface area contributed by atoms with Gasteiger partial charge in [-0.1, -0.05) is 170 Å². The molecule has 0 N–H and O–H groups in total. The van der Waals surface area contributed by atoms with Crippen molar-refractivity contribution in [1.29, 1.82) is 0 Å². The zero-order valence-electron chi connectivity index (χ0n) is 32.7. The van der Waals surface area contributed by atoms with Gasteiger partial charge in [-0.3, -0.25) is 0 Å². The summed E-state index contributed by atoms with van der Waals surface area (Å²) in [5.41, 5.74) is 15.3. The fourth-order valence-corrected chi connectivity index (χ4v) is 11.0. The maximum Gasteiger partial charge on any atom is 0.0128 e. The van der Waals surface area contributed by atoms with E-state index < -0.39 is 0 Å². The first-order chi connectivity index (χ1) is 27.8. The molecular formula is C56H54. The molecule has 0 amide bonds. The molecular weight excluding hydrogens is 673 g/mol. The summed E-state index contributed by atoms with van der Waals surface area (Å²) in [6.07, 6.45) is 68.5. The van der Waals surface area contributed by atoms with Crippen LogP contribution in [0.25, 0.3) is 11.1 Å². The van der Waals surface area contributed by atoms with Crippen LogP contribution in [0.5, 0.6) is 0 Å². The summed E-state index contributed by atoms with van der Waals surface area (Å²) in [7, 11) is 0. The second-order valence-electron chi connectivity index (χ2n) is 17.2. The van der Waals surface area contributed by atoms with Crippen LogP contribution in [0.1, 0.15) is 64.2 Å². The van der Waals surface area contributed by atoms with Crippen LogP contribution in [0.3, 0.4) is 0 Å². The van der Waals surface area contributed by atoms with Crippen molar-refractivity contribution in [3.8, 4) is 0 Å². The number of allylic oxidation sites excluding steroid dienone is 32. The second-order valence-corrected chi connectivity index (χ2v) is 17.2. The number of rotatable bonds is 7. The lowest BCUT2D eigenvalue weighted by atomic mass is 9.67. The predicted molar refractivity (Wildman–Crippen MR) is 237 cm³/mol. The summed E-state index contributed by atoms with van der Waals surface area (Å²) in [5, 5.41) is 2.90. The topological polar surface area (TPSA) is 0 Å². The van der Waals surface area contributed by atoms with Crippen LogP contribution in [-0.4, -0.2) is 0 Å². The monoisotopic (exact) mass is 726 g/mol. The third kappa shape index (κ3) is 6.93. The summed E-state index contributed by atoms with van der Waals surface area (Å²) < 4.78 is 0. The van der Waals surface area contributed by atoms with Gasteiger partial charge in [-0.25, -0.2) is 0 Å². The van der Waals surface area contributed by atoms with E-state index in [2.05, 4.69) is 170 Å². The van der Waals surface area contributed by atoms with Crippen molar-refractivity contribution in [2.24, 2.45) is 35.5 Å². The zero-order valence-corrected chi connectivity index (χ0v) is 32.7. The largest absolute Gasteiger partial charge is 0.0842 e. The molecule has 0 nitrogen and oxygen atoms in total. The molecule has 0 saturated heterocycles. The Labute approximate surface area is 334 Å². The highest BCUT2D eigenvalue weighted by molar-refractivity contribution is 5.77. The summed E-state index contributed by atoms with van der Waals surface area (Å²) in [6, 6.07) is 9.33. The highest BCUT2D eigenvalue weighted by atomic mass is 14.4. The average Bonchev–Trinajstić information content (AvgIpc) is 3.29. The molecule has 6 atom stereocenters. The van der Waals surface area contributed by atoms with Gasteiger partial charge >= 0.3 is 0 Å². The van der Waals surface area contributed by atoms with Crippen molar-refractivity contribution in [3.05, 3.63) is 225 Å². The molecule has 0 heterocycles. The first-order valence-corrected chi connectivity index (χ1v) is 21.6. The quantitative estimate of drug-likeness (QED) is 0.262. The van der Waals surface area contributed by atoms with Crippen molar-refractivity contribution in [3.63, 3.8) is 0 Å². The molecule has 0 bridgehead atoms. The van der Waals surface area contributed by atoms with Crippen molar-refractivity contribution in [2.45, 2.75) is 64.2 Å². The van der Waals surface area contributed by atoms with Crippen LogP contribution in [0, 0.1) is 35.5 Å². The standard InChI is InChI=1S/C56H54/c1-3-15-39(16-4-1)41-19-11-21-43(35-41)45-23-13-25-47(37-45)49-31-33-55(53-29-9-7-27-51(49)53)56-34-32-50(52-28-8-10-30-54(52)56)48-26-14-24-46(38-48)44-22-12-20-42(36-44)40-17-5-2-6-18-40/h1-3,5,7-15,17,19-31,33,43-46,51,53H,4,6,16,18,32,34-38H2. The van der Waals surface area contributed by atoms with Gasteiger partial charge in [-0.2, -0.15) is 0 Å². The Hall–Kier alpha value is -5.20. The van der Waals surface area contributed by atoms with E-state index in [9.17, 15) is 0 Å². The Balaban J connectivity index is 0.919. The first-order valence-electron chi connectivity index (χ1n) is 21.6. The average molecular weight is 727 g/mol. The Kier molecular flexibility index (Phi) is 9.90.